The normalized spacial score (nSPS) is 10.5. The first-order valence-electron chi connectivity index (χ1n) is 7.23. The van der Waals surface area contributed by atoms with Gasteiger partial charge in [-0.05, 0) is 37.1 Å². The molecule has 2 rings (SSSR count). The van der Waals surface area contributed by atoms with E-state index in [0.717, 1.165) is 19.7 Å². The second-order valence-electron chi connectivity index (χ2n) is 4.89. The summed E-state index contributed by atoms with van der Waals surface area (Å²) in [4.78, 5) is 2.33. The zero-order valence-corrected chi connectivity index (χ0v) is 12.4. The number of benzene rings is 2. The maximum Gasteiger partial charge on any atom is 0.0720 e. The Morgan fingerprint density at radius 2 is 1.65 bits per heavy atom. The Labute approximate surface area is 122 Å². The molecule has 0 bridgehead atoms. The summed E-state index contributed by atoms with van der Waals surface area (Å²) in [5, 5.41) is 0. The predicted octanol–water partition coefficient (Wildman–Crippen LogP) is 4.04. The first-order valence-corrected chi connectivity index (χ1v) is 7.23. The summed E-state index contributed by atoms with van der Waals surface area (Å²) in [7, 11) is 0. The largest absolute Gasteiger partial charge is 0.375 e. The zero-order chi connectivity index (χ0) is 14.2. The van der Waals surface area contributed by atoms with Crippen molar-refractivity contribution in [3.05, 3.63) is 65.7 Å². The highest BCUT2D eigenvalue weighted by molar-refractivity contribution is 5.45. The highest BCUT2D eigenvalue weighted by atomic mass is 16.5. The minimum atomic E-state index is 0.693. The number of anilines is 1. The van der Waals surface area contributed by atoms with Crippen LogP contribution in [0.15, 0.2) is 54.6 Å². The number of ether oxygens (including phenoxy) is 1. The highest BCUT2D eigenvalue weighted by Gasteiger charge is 2.03. The molecule has 0 aliphatic carbocycles. The number of hydrogen-bond donors (Lipinski definition) is 0. The first-order chi connectivity index (χ1) is 9.81. The van der Waals surface area contributed by atoms with Crippen LogP contribution >= 0.6 is 0 Å². The Kier molecular flexibility index (Phi) is 5.63. The van der Waals surface area contributed by atoms with Gasteiger partial charge in [-0.3, -0.25) is 0 Å². The van der Waals surface area contributed by atoms with E-state index in [9.17, 15) is 0 Å². The molecular weight excluding hydrogens is 246 g/mol. The summed E-state index contributed by atoms with van der Waals surface area (Å²) in [6, 6.07) is 18.9. The van der Waals surface area contributed by atoms with E-state index in [-0.39, 0.29) is 0 Å². The average Bonchev–Trinajstić information content (AvgIpc) is 2.50. The van der Waals surface area contributed by atoms with E-state index in [1.165, 1.54) is 16.8 Å². The van der Waals surface area contributed by atoms with Crippen molar-refractivity contribution in [2.75, 3.05) is 24.6 Å². The lowest BCUT2D eigenvalue weighted by atomic mass is 10.1. The Hall–Kier alpha value is -1.80. The number of hydrogen-bond acceptors (Lipinski definition) is 2. The van der Waals surface area contributed by atoms with Gasteiger partial charge in [0.15, 0.2) is 0 Å². The second kappa shape index (κ2) is 7.71. The third-order valence-corrected chi connectivity index (χ3v) is 3.53. The average molecular weight is 269 g/mol. The molecule has 0 atom stereocenters. The van der Waals surface area contributed by atoms with Crippen LogP contribution in [0.25, 0.3) is 0 Å². The summed E-state index contributed by atoms with van der Waals surface area (Å²) >= 11 is 0. The fourth-order valence-electron chi connectivity index (χ4n) is 2.24. The van der Waals surface area contributed by atoms with Gasteiger partial charge in [-0.2, -0.15) is 0 Å². The van der Waals surface area contributed by atoms with Crippen LogP contribution in [0.1, 0.15) is 18.1 Å². The molecule has 0 unspecified atom stereocenters. The Bertz CT molecular complexity index is 510. The van der Waals surface area contributed by atoms with Crippen LogP contribution in [0.4, 0.5) is 5.69 Å². The molecule has 0 aliphatic heterocycles. The molecule has 2 heteroatoms. The molecule has 0 fully saturated rings. The van der Waals surface area contributed by atoms with Gasteiger partial charge in [-0.25, -0.2) is 0 Å². The number of aryl methyl sites for hydroxylation is 1. The molecule has 0 aliphatic rings. The van der Waals surface area contributed by atoms with Gasteiger partial charge in [0.05, 0.1) is 13.2 Å². The molecule has 106 valence electrons. The summed E-state index contributed by atoms with van der Waals surface area (Å²) in [5.41, 5.74) is 3.83. The van der Waals surface area contributed by atoms with Gasteiger partial charge in [0, 0.05) is 18.8 Å². The van der Waals surface area contributed by atoms with Gasteiger partial charge in [-0.15, -0.1) is 0 Å². The Morgan fingerprint density at radius 3 is 2.35 bits per heavy atom. The van der Waals surface area contributed by atoms with Crippen LogP contribution in [0.2, 0.25) is 0 Å². The van der Waals surface area contributed by atoms with E-state index in [1.807, 2.05) is 6.07 Å². The van der Waals surface area contributed by atoms with Crippen molar-refractivity contribution in [3.63, 3.8) is 0 Å². The van der Waals surface area contributed by atoms with Gasteiger partial charge in [0.25, 0.3) is 0 Å². The number of likely N-dealkylation sites (N-methyl/N-ethyl adjacent to an activating group) is 1. The van der Waals surface area contributed by atoms with Crippen molar-refractivity contribution in [1.82, 2.24) is 0 Å². The summed E-state index contributed by atoms with van der Waals surface area (Å²) in [6.07, 6.45) is 0. The molecule has 2 aromatic rings. The lowest BCUT2D eigenvalue weighted by Gasteiger charge is -2.23. The van der Waals surface area contributed by atoms with Crippen LogP contribution in [0.3, 0.4) is 0 Å². The second-order valence-corrected chi connectivity index (χ2v) is 4.89. The molecule has 2 nitrogen and oxygen atoms in total. The van der Waals surface area contributed by atoms with E-state index in [4.69, 9.17) is 4.74 Å². The van der Waals surface area contributed by atoms with E-state index >= 15 is 0 Å². The van der Waals surface area contributed by atoms with Crippen molar-refractivity contribution in [1.29, 1.82) is 0 Å². The van der Waals surface area contributed by atoms with E-state index in [1.54, 1.807) is 0 Å². The fraction of sp³-hybridized carbons (Fsp3) is 0.333. The minimum Gasteiger partial charge on any atom is -0.375 e. The first kappa shape index (κ1) is 14.6. The number of para-hydroxylation sites is 1. The lowest BCUT2D eigenvalue weighted by molar-refractivity contribution is 0.126. The van der Waals surface area contributed by atoms with Crippen molar-refractivity contribution < 1.29 is 4.74 Å². The molecule has 0 saturated heterocycles. The van der Waals surface area contributed by atoms with Gasteiger partial charge in [0.2, 0.25) is 0 Å². The van der Waals surface area contributed by atoms with E-state index in [2.05, 4.69) is 67.3 Å². The molecule has 0 aromatic heterocycles. The fourth-order valence-corrected chi connectivity index (χ4v) is 2.24. The quantitative estimate of drug-likeness (QED) is 0.703. The maximum atomic E-state index is 5.81. The summed E-state index contributed by atoms with van der Waals surface area (Å²) < 4.78 is 5.81. The van der Waals surface area contributed by atoms with Crippen LogP contribution < -0.4 is 4.90 Å². The van der Waals surface area contributed by atoms with Gasteiger partial charge >= 0.3 is 0 Å². The van der Waals surface area contributed by atoms with Gasteiger partial charge < -0.3 is 9.64 Å². The van der Waals surface area contributed by atoms with Crippen molar-refractivity contribution in [3.8, 4) is 0 Å². The SMILES string of the molecule is CCN(CCOCc1ccccc1C)c1ccccc1. The van der Waals surface area contributed by atoms with Crippen LogP contribution in [-0.2, 0) is 11.3 Å². The molecule has 2 aromatic carbocycles. The summed E-state index contributed by atoms with van der Waals surface area (Å²) in [5.74, 6) is 0. The predicted molar refractivity (Wildman–Crippen MR) is 85.2 cm³/mol. The molecule has 20 heavy (non-hydrogen) atoms. The van der Waals surface area contributed by atoms with Crippen LogP contribution in [0, 0.1) is 6.92 Å². The molecule has 0 radical (unpaired) electrons. The topological polar surface area (TPSA) is 12.5 Å². The Balaban J connectivity index is 1.79. The van der Waals surface area contributed by atoms with Gasteiger partial charge in [-0.1, -0.05) is 42.5 Å². The van der Waals surface area contributed by atoms with E-state index in [0.29, 0.717) is 6.61 Å². The Morgan fingerprint density at radius 1 is 0.950 bits per heavy atom. The van der Waals surface area contributed by atoms with E-state index < -0.39 is 0 Å². The molecule has 0 heterocycles. The smallest absolute Gasteiger partial charge is 0.0720 e. The van der Waals surface area contributed by atoms with Crippen LogP contribution in [0.5, 0.6) is 0 Å². The van der Waals surface area contributed by atoms with Crippen molar-refractivity contribution in [2.24, 2.45) is 0 Å². The molecule has 0 spiro atoms. The maximum absolute atomic E-state index is 5.81. The zero-order valence-electron chi connectivity index (χ0n) is 12.4. The summed E-state index contributed by atoms with van der Waals surface area (Å²) in [6.45, 7) is 7.66. The molecule has 0 amide bonds. The third kappa shape index (κ3) is 4.10. The van der Waals surface area contributed by atoms with Crippen molar-refractivity contribution in [2.45, 2.75) is 20.5 Å². The van der Waals surface area contributed by atoms with Crippen molar-refractivity contribution >= 4 is 5.69 Å². The molecule has 0 saturated carbocycles. The molecular formula is C18H23NO. The number of nitrogens with zero attached hydrogens (tertiary/aromatic N) is 1. The molecule has 0 N–H and O–H groups in total. The highest BCUT2D eigenvalue weighted by Crippen LogP contribution is 2.13. The van der Waals surface area contributed by atoms with Gasteiger partial charge in [0.1, 0.15) is 0 Å². The van der Waals surface area contributed by atoms with Crippen LogP contribution in [-0.4, -0.2) is 19.7 Å². The number of rotatable bonds is 7. The third-order valence-electron chi connectivity index (χ3n) is 3.53. The monoisotopic (exact) mass is 269 g/mol. The minimum absolute atomic E-state index is 0.693. The standard InChI is InChI=1S/C18H23NO/c1-3-19(18-11-5-4-6-12-18)13-14-20-15-17-10-8-7-9-16(17)2/h4-12H,3,13-15H2,1-2H3. The lowest BCUT2D eigenvalue weighted by Crippen LogP contribution is -2.27.